The standard InChI is InChI=1S/C20H21ClN4O2S/c1-3-27-17-7-5-4-6-16(17)19-23-24-20(25(19)2)28-13-18(26)22-12-14-8-10-15(21)11-9-14/h4-11H,3,12-13H2,1-2H3,(H,22,26). The molecule has 2 aromatic carbocycles. The molecule has 0 bridgehead atoms. The van der Waals surface area contributed by atoms with Gasteiger partial charge in [-0.3, -0.25) is 4.79 Å². The third-order valence-corrected chi connectivity index (χ3v) is 5.27. The van der Waals surface area contributed by atoms with E-state index in [0.29, 0.717) is 29.2 Å². The molecule has 0 radical (unpaired) electrons. The monoisotopic (exact) mass is 416 g/mol. The lowest BCUT2D eigenvalue weighted by atomic mass is 10.2. The number of nitrogens with zero attached hydrogens (tertiary/aromatic N) is 3. The number of aromatic nitrogens is 3. The summed E-state index contributed by atoms with van der Waals surface area (Å²) >= 11 is 7.21. The molecule has 28 heavy (non-hydrogen) atoms. The molecule has 0 aliphatic carbocycles. The van der Waals surface area contributed by atoms with Gasteiger partial charge >= 0.3 is 0 Å². The van der Waals surface area contributed by atoms with Gasteiger partial charge in [-0.15, -0.1) is 10.2 Å². The van der Waals surface area contributed by atoms with Gasteiger partial charge in [-0.25, -0.2) is 0 Å². The number of hydrogen-bond donors (Lipinski definition) is 1. The molecule has 0 atom stereocenters. The van der Waals surface area contributed by atoms with Crippen LogP contribution in [0.5, 0.6) is 5.75 Å². The van der Waals surface area contributed by atoms with Crippen LogP contribution in [0.15, 0.2) is 53.7 Å². The summed E-state index contributed by atoms with van der Waals surface area (Å²) in [5.74, 6) is 1.65. The van der Waals surface area contributed by atoms with E-state index in [1.165, 1.54) is 11.8 Å². The molecule has 0 spiro atoms. The Bertz CT molecular complexity index is 944. The van der Waals surface area contributed by atoms with Crippen molar-refractivity contribution in [2.75, 3.05) is 12.4 Å². The lowest BCUT2D eigenvalue weighted by molar-refractivity contribution is -0.118. The van der Waals surface area contributed by atoms with E-state index in [9.17, 15) is 4.79 Å². The lowest BCUT2D eigenvalue weighted by Gasteiger charge is -2.09. The van der Waals surface area contributed by atoms with Crippen molar-refractivity contribution in [3.63, 3.8) is 0 Å². The van der Waals surface area contributed by atoms with Gasteiger partial charge in [0.15, 0.2) is 11.0 Å². The Morgan fingerprint density at radius 2 is 1.93 bits per heavy atom. The Balaban J connectivity index is 1.60. The van der Waals surface area contributed by atoms with Gasteiger partial charge in [0.05, 0.1) is 17.9 Å². The zero-order valence-electron chi connectivity index (χ0n) is 15.7. The number of nitrogens with one attached hydrogen (secondary N) is 1. The van der Waals surface area contributed by atoms with Crippen molar-refractivity contribution in [2.24, 2.45) is 7.05 Å². The molecular weight excluding hydrogens is 396 g/mol. The van der Waals surface area contributed by atoms with E-state index in [4.69, 9.17) is 16.3 Å². The Hall–Kier alpha value is -2.51. The molecule has 3 aromatic rings. The highest BCUT2D eigenvalue weighted by molar-refractivity contribution is 7.99. The van der Waals surface area contributed by atoms with Crippen molar-refractivity contribution in [3.05, 3.63) is 59.1 Å². The van der Waals surface area contributed by atoms with Gasteiger partial charge in [0, 0.05) is 18.6 Å². The van der Waals surface area contributed by atoms with Gasteiger partial charge in [0.1, 0.15) is 5.75 Å². The Labute approximate surface area is 173 Å². The van der Waals surface area contributed by atoms with Gasteiger partial charge in [0.2, 0.25) is 5.91 Å². The van der Waals surface area contributed by atoms with Crippen molar-refractivity contribution in [1.82, 2.24) is 20.1 Å². The van der Waals surface area contributed by atoms with Crippen LogP contribution in [-0.2, 0) is 18.4 Å². The molecule has 3 rings (SSSR count). The zero-order chi connectivity index (χ0) is 19.9. The summed E-state index contributed by atoms with van der Waals surface area (Å²) in [5, 5.41) is 12.7. The molecule has 1 amide bonds. The van der Waals surface area contributed by atoms with Crippen LogP contribution in [0.1, 0.15) is 12.5 Å². The van der Waals surface area contributed by atoms with Crippen molar-refractivity contribution < 1.29 is 9.53 Å². The molecule has 8 heteroatoms. The normalized spacial score (nSPS) is 10.7. The highest BCUT2D eigenvalue weighted by atomic mass is 35.5. The fraction of sp³-hybridized carbons (Fsp3) is 0.250. The average Bonchev–Trinajstić information content (AvgIpc) is 3.07. The Kier molecular flexibility index (Phi) is 6.95. The van der Waals surface area contributed by atoms with Gasteiger partial charge in [-0.05, 0) is 36.8 Å². The Morgan fingerprint density at radius 1 is 1.18 bits per heavy atom. The van der Waals surface area contributed by atoms with Crippen LogP contribution in [0.2, 0.25) is 5.02 Å². The molecule has 0 aliphatic rings. The summed E-state index contributed by atoms with van der Waals surface area (Å²) < 4.78 is 7.54. The largest absolute Gasteiger partial charge is 0.493 e. The molecule has 0 unspecified atom stereocenters. The summed E-state index contributed by atoms with van der Waals surface area (Å²) in [5.41, 5.74) is 1.87. The highest BCUT2D eigenvalue weighted by Gasteiger charge is 2.16. The van der Waals surface area contributed by atoms with E-state index in [2.05, 4.69) is 15.5 Å². The maximum Gasteiger partial charge on any atom is 0.230 e. The third kappa shape index (κ3) is 5.05. The van der Waals surface area contributed by atoms with Crippen molar-refractivity contribution in [2.45, 2.75) is 18.6 Å². The molecule has 6 nitrogen and oxygen atoms in total. The number of rotatable bonds is 8. The first-order chi connectivity index (χ1) is 13.6. The van der Waals surface area contributed by atoms with E-state index in [1.807, 2.05) is 54.9 Å². The lowest BCUT2D eigenvalue weighted by Crippen LogP contribution is -2.24. The minimum Gasteiger partial charge on any atom is -0.493 e. The van der Waals surface area contributed by atoms with Crippen LogP contribution in [0, 0.1) is 0 Å². The number of carbonyl (C=O) groups is 1. The van der Waals surface area contributed by atoms with E-state index in [-0.39, 0.29) is 11.7 Å². The summed E-state index contributed by atoms with van der Waals surface area (Å²) in [4.78, 5) is 12.1. The van der Waals surface area contributed by atoms with E-state index >= 15 is 0 Å². The van der Waals surface area contributed by atoms with Crippen LogP contribution in [0.3, 0.4) is 0 Å². The molecule has 146 valence electrons. The summed E-state index contributed by atoms with van der Waals surface area (Å²) in [6.45, 7) is 2.98. The quantitative estimate of drug-likeness (QED) is 0.563. The topological polar surface area (TPSA) is 69.0 Å². The van der Waals surface area contributed by atoms with Crippen molar-refractivity contribution in [3.8, 4) is 17.1 Å². The maximum atomic E-state index is 12.1. The van der Waals surface area contributed by atoms with Gasteiger partial charge in [-0.2, -0.15) is 0 Å². The van der Waals surface area contributed by atoms with Gasteiger partial charge < -0.3 is 14.6 Å². The van der Waals surface area contributed by atoms with Crippen LogP contribution in [0.4, 0.5) is 0 Å². The number of hydrogen-bond acceptors (Lipinski definition) is 5. The summed E-state index contributed by atoms with van der Waals surface area (Å²) in [6, 6.07) is 15.1. The predicted molar refractivity (Wildman–Crippen MR) is 112 cm³/mol. The Morgan fingerprint density at radius 3 is 2.68 bits per heavy atom. The average molecular weight is 417 g/mol. The molecule has 0 fully saturated rings. The van der Waals surface area contributed by atoms with Crippen molar-refractivity contribution in [1.29, 1.82) is 0 Å². The number of halogens is 1. The molecule has 0 saturated carbocycles. The van der Waals surface area contributed by atoms with Crippen LogP contribution in [0.25, 0.3) is 11.4 Å². The number of thioether (sulfide) groups is 1. The molecule has 0 saturated heterocycles. The molecule has 0 aliphatic heterocycles. The van der Waals surface area contributed by atoms with Crippen LogP contribution in [-0.4, -0.2) is 33.0 Å². The third-order valence-electron chi connectivity index (χ3n) is 4.00. The number of para-hydroxylation sites is 1. The van der Waals surface area contributed by atoms with Crippen LogP contribution < -0.4 is 10.1 Å². The van der Waals surface area contributed by atoms with Crippen LogP contribution >= 0.6 is 23.4 Å². The fourth-order valence-electron chi connectivity index (χ4n) is 2.59. The van der Waals surface area contributed by atoms with Gasteiger partial charge in [-0.1, -0.05) is 47.6 Å². The van der Waals surface area contributed by atoms with Crippen molar-refractivity contribution >= 4 is 29.3 Å². The minimum atomic E-state index is -0.0702. The SMILES string of the molecule is CCOc1ccccc1-c1nnc(SCC(=O)NCc2ccc(Cl)cc2)n1C. The molecule has 1 aromatic heterocycles. The minimum absolute atomic E-state index is 0.0702. The number of ether oxygens (including phenoxy) is 1. The number of carbonyl (C=O) groups excluding carboxylic acids is 1. The smallest absolute Gasteiger partial charge is 0.230 e. The second-order valence-electron chi connectivity index (χ2n) is 5.99. The maximum absolute atomic E-state index is 12.1. The van der Waals surface area contributed by atoms with E-state index in [1.54, 1.807) is 12.1 Å². The molecular formula is C20H21ClN4O2S. The number of amides is 1. The summed E-state index contributed by atoms with van der Waals surface area (Å²) in [6.07, 6.45) is 0. The predicted octanol–water partition coefficient (Wildman–Crippen LogP) is 3.94. The van der Waals surface area contributed by atoms with Gasteiger partial charge in [0.25, 0.3) is 0 Å². The van der Waals surface area contributed by atoms with E-state index < -0.39 is 0 Å². The highest BCUT2D eigenvalue weighted by Crippen LogP contribution is 2.30. The summed E-state index contributed by atoms with van der Waals surface area (Å²) in [7, 11) is 1.88. The first kappa shape index (κ1) is 20.2. The zero-order valence-corrected chi connectivity index (χ0v) is 17.3. The fourth-order valence-corrected chi connectivity index (χ4v) is 3.46. The second-order valence-corrected chi connectivity index (χ2v) is 7.37. The number of benzene rings is 2. The molecule has 1 heterocycles. The van der Waals surface area contributed by atoms with E-state index in [0.717, 1.165) is 16.9 Å². The second kappa shape index (κ2) is 9.61. The first-order valence-electron chi connectivity index (χ1n) is 8.84. The first-order valence-corrected chi connectivity index (χ1v) is 10.2. The molecule has 1 N–H and O–H groups in total.